The van der Waals surface area contributed by atoms with Crippen LogP contribution in [0.5, 0.6) is 0 Å². The first-order valence-corrected chi connectivity index (χ1v) is 8.32. The Morgan fingerprint density at radius 1 is 1.26 bits per heavy atom. The summed E-state index contributed by atoms with van der Waals surface area (Å²) in [4.78, 5) is 12.3. The fourth-order valence-corrected chi connectivity index (χ4v) is 2.84. The third-order valence-electron chi connectivity index (χ3n) is 2.18. The third kappa shape index (κ3) is 4.58. The predicted molar refractivity (Wildman–Crippen MR) is 85.0 cm³/mol. The molecular weight excluding hydrogens is 278 g/mol. The van der Waals surface area contributed by atoms with Gasteiger partial charge in [-0.3, -0.25) is 0 Å². The van der Waals surface area contributed by atoms with E-state index in [1.165, 1.54) is 0 Å². The standard InChI is InChI=1S/C14H21NO2S2/c1-11(2)17-13(16)15(19(18)14(3,4)5)12-9-7-6-8-10-12/h6-11H,1-5H3. The highest BCUT2D eigenvalue weighted by Gasteiger charge is 2.29. The smallest absolute Gasteiger partial charge is 0.425 e. The van der Waals surface area contributed by atoms with Gasteiger partial charge in [0.25, 0.3) is 0 Å². The molecule has 1 unspecified atom stereocenters. The highest BCUT2D eigenvalue weighted by Crippen LogP contribution is 2.24. The molecule has 19 heavy (non-hydrogen) atoms. The number of para-hydroxylation sites is 1. The molecule has 1 rings (SSSR count). The number of carbonyl (C=O) groups is 1. The molecule has 0 radical (unpaired) electrons. The molecule has 0 fully saturated rings. The van der Waals surface area contributed by atoms with E-state index in [9.17, 15) is 4.79 Å². The van der Waals surface area contributed by atoms with Gasteiger partial charge in [0.05, 0.1) is 11.8 Å². The van der Waals surface area contributed by atoms with Crippen LogP contribution < -0.4 is 4.31 Å². The normalized spacial score (nSPS) is 13.2. The van der Waals surface area contributed by atoms with Gasteiger partial charge in [-0.15, -0.1) is 0 Å². The van der Waals surface area contributed by atoms with Gasteiger partial charge in [-0.1, -0.05) is 18.2 Å². The molecule has 0 aliphatic rings. The number of amides is 1. The van der Waals surface area contributed by atoms with E-state index in [1.807, 2.05) is 65.0 Å². The van der Waals surface area contributed by atoms with Gasteiger partial charge in [0.15, 0.2) is 0 Å². The number of ether oxygens (including phenoxy) is 1. The van der Waals surface area contributed by atoms with Crippen LogP contribution in [0.25, 0.3) is 0 Å². The SMILES string of the molecule is CC(C)OC(=O)N(c1ccccc1)S(=S)C(C)(C)C. The summed E-state index contributed by atoms with van der Waals surface area (Å²) in [5.74, 6) is 0. The van der Waals surface area contributed by atoms with E-state index in [4.69, 9.17) is 15.9 Å². The topological polar surface area (TPSA) is 29.5 Å². The summed E-state index contributed by atoms with van der Waals surface area (Å²) in [5, 5.41) is 0. The van der Waals surface area contributed by atoms with Crippen LogP contribution in [0.2, 0.25) is 0 Å². The van der Waals surface area contributed by atoms with Gasteiger partial charge in [0.1, 0.15) is 0 Å². The lowest BCUT2D eigenvalue weighted by Crippen LogP contribution is -2.42. The Morgan fingerprint density at radius 3 is 2.21 bits per heavy atom. The van der Waals surface area contributed by atoms with Crippen molar-refractivity contribution in [1.29, 1.82) is 0 Å². The molecule has 106 valence electrons. The lowest BCUT2D eigenvalue weighted by atomic mass is 10.3. The Labute approximate surface area is 122 Å². The van der Waals surface area contributed by atoms with E-state index in [2.05, 4.69) is 0 Å². The fourth-order valence-electron chi connectivity index (χ4n) is 1.36. The summed E-state index contributed by atoms with van der Waals surface area (Å²) >= 11 is 5.56. The predicted octanol–water partition coefficient (Wildman–Crippen LogP) is 3.83. The molecule has 0 heterocycles. The molecule has 0 spiro atoms. The number of carbonyl (C=O) groups excluding carboxylic acids is 1. The summed E-state index contributed by atoms with van der Waals surface area (Å²) in [7, 11) is -0.680. The average Bonchev–Trinajstić information content (AvgIpc) is 2.28. The third-order valence-corrected chi connectivity index (χ3v) is 5.87. The van der Waals surface area contributed by atoms with Gasteiger partial charge in [-0.25, -0.2) is 9.10 Å². The Balaban J connectivity index is 3.12. The molecule has 0 N–H and O–H groups in total. The van der Waals surface area contributed by atoms with Crippen molar-refractivity contribution in [1.82, 2.24) is 0 Å². The maximum Gasteiger partial charge on any atom is 0.425 e. The molecule has 1 amide bonds. The molecular formula is C14H21NO2S2. The number of hydrogen-bond acceptors (Lipinski definition) is 3. The lowest BCUT2D eigenvalue weighted by molar-refractivity contribution is 0.126. The van der Waals surface area contributed by atoms with Gasteiger partial charge >= 0.3 is 6.09 Å². The molecule has 1 aromatic carbocycles. The van der Waals surface area contributed by atoms with Gasteiger partial charge in [-0.05, 0) is 67.6 Å². The van der Waals surface area contributed by atoms with Crippen LogP contribution in [-0.4, -0.2) is 16.9 Å². The van der Waals surface area contributed by atoms with Gasteiger partial charge in [0.2, 0.25) is 0 Å². The maximum atomic E-state index is 12.3. The van der Waals surface area contributed by atoms with Gasteiger partial charge < -0.3 is 4.74 Å². The number of hydrogen-bond donors (Lipinski definition) is 0. The minimum Gasteiger partial charge on any atom is -0.446 e. The summed E-state index contributed by atoms with van der Waals surface area (Å²) < 4.78 is 6.71. The highest BCUT2D eigenvalue weighted by atomic mass is 32.8. The lowest BCUT2D eigenvalue weighted by Gasteiger charge is -2.31. The van der Waals surface area contributed by atoms with Gasteiger partial charge in [0, 0.05) is 4.75 Å². The quantitative estimate of drug-likeness (QED) is 0.849. The van der Waals surface area contributed by atoms with E-state index < -0.39 is 9.64 Å². The first kappa shape index (κ1) is 16.1. The first-order chi connectivity index (χ1) is 8.73. The summed E-state index contributed by atoms with van der Waals surface area (Å²) in [6.07, 6.45) is -0.542. The van der Waals surface area contributed by atoms with Crippen LogP contribution in [-0.2, 0) is 25.6 Å². The molecule has 0 bridgehead atoms. The first-order valence-electron chi connectivity index (χ1n) is 6.21. The molecule has 1 atom stereocenters. The minimum atomic E-state index is -0.680. The van der Waals surface area contributed by atoms with Crippen LogP contribution in [0.15, 0.2) is 30.3 Å². The minimum absolute atomic E-state index is 0.161. The second kappa shape index (κ2) is 6.48. The van der Waals surface area contributed by atoms with E-state index in [0.717, 1.165) is 5.69 Å². The summed E-state index contributed by atoms with van der Waals surface area (Å²) in [6, 6.07) is 9.44. The monoisotopic (exact) mass is 299 g/mol. The molecule has 3 nitrogen and oxygen atoms in total. The maximum absolute atomic E-state index is 12.3. The van der Waals surface area contributed by atoms with Crippen molar-refractivity contribution in [3.05, 3.63) is 30.3 Å². The molecule has 5 heteroatoms. The molecule has 0 saturated heterocycles. The van der Waals surface area contributed by atoms with Crippen molar-refractivity contribution in [3.63, 3.8) is 0 Å². The summed E-state index contributed by atoms with van der Waals surface area (Å²) in [6.45, 7) is 9.75. The molecule has 0 aliphatic carbocycles. The van der Waals surface area contributed by atoms with Crippen molar-refractivity contribution in [2.45, 2.75) is 45.5 Å². The average molecular weight is 299 g/mol. The van der Waals surface area contributed by atoms with E-state index in [-0.39, 0.29) is 16.9 Å². The van der Waals surface area contributed by atoms with Crippen molar-refractivity contribution >= 4 is 32.6 Å². The van der Waals surface area contributed by atoms with Crippen LogP contribution in [0.4, 0.5) is 10.5 Å². The molecule has 1 aromatic rings. The zero-order valence-electron chi connectivity index (χ0n) is 12.0. The van der Waals surface area contributed by atoms with Crippen LogP contribution >= 0.6 is 0 Å². The largest absolute Gasteiger partial charge is 0.446 e. The number of anilines is 1. The second-order valence-electron chi connectivity index (χ2n) is 5.42. The van der Waals surface area contributed by atoms with Crippen molar-refractivity contribution in [2.75, 3.05) is 4.31 Å². The van der Waals surface area contributed by atoms with E-state index >= 15 is 0 Å². The number of benzene rings is 1. The second-order valence-corrected chi connectivity index (χ2v) is 8.46. The number of nitrogens with zero attached hydrogens (tertiary/aromatic N) is 1. The number of rotatable bonds is 3. The van der Waals surface area contributed by atoms with Crippen LogP contribution in [0.3, 0.4) is 0 Å². The fraction of sp³-hybridized carbons (Fsp3) is 0.500. The van der Waals surface area contributed by atoms with Crippen molar-refractivity contribution in [2.24, 2.45) is 0 Å². The molecule has 0 aromatic heterocycles. The van der Waals surface area contributed by atoms with Crippen molar-refractivity contribution < 1.29 is 9.53 Å². The summed E-state index contributed by atoms with van der Waals surface area (Å²) in [5.41, 5.74) is 0.779. The Hall–Kier alpha value is -0.940. The van der Waals surface area contributed by atoms with Crippen LogP contribution in [0, 0.1) is 0 Å². The van der Waals surface area contributed by atoms with Crippen molar-refractivity contribution in [3.8, 4) is 0 Å². The Kier molecular flexibility index (Phi) is 5.50. The van der Waals surface area contributed by atoms with E-state index in [0.29, 0.717) is 0 Å². The van der Waals surface area contributed by atoms with Crippen LogP contribution in [0.1, 0.15) is 34.6 Å². The molecule has 0 aliphatic heterocycles. The Morgan fingerprint density at radius 2 is 1.79 bits per heavy atom. The highest BCUT2D eigenvalue weighted by molar-refractivity contribution is 8.30. The zero-order chi connectivity index (χ0) is 14.6. The zero-order valence-corrected chi connectivity index (χ0v) is 13.7. The van der Waals surface area contributed by atoms with Gasteiger partial charge in [-0.2, -0.15) is 0 Å². The Bertz CT molecular complexity index is 452. The van der Waals surface area contributed by atoms with E-state index in [1.54, 1.807) is 4.31 Å². The molecule has 0 saturated carbocycles.